The number of carbonyl (C=O) groups is 1. The molecule has 1 heterocycles. The molecule has 0 unspecified atom stereocenters. The lowest BCUT2D eigenvalue weighted by molar-refractivity contribution is -0.131. The van der Waals surface area contributed by atoms with Crippen LogP contribution < -0.4 is 5.56 Å². The fourth-order valence-corrected chi connectivity index (χ4v) is 4.58. The summed E-state index contributed by atoms with van der Waals surface area (Å²) in [5, 5.41) is 1.14. The second kappa shape index (κ2) is 11.1. The van der Waals surface area contributed by atoms with Gasteiger partial charge in [0.2, 0.25) is 5.91 Å². The first-order chi connectivity index (χ1) is 13.8. The summed E-state index contributed by atoms with van der Waals surface area (Å²) in [6, 6.07) is 5.73. The van der Waals surface area contributed by atoms with Gasteiger partial charge in [0, 0.05) is 36.3 Å². The van der Waals surface area contributed by atoms with E-state index in [1.165, 1.54) is 11.8 Å². The quantitative estimate of drug-likeness (QED) is 0.286. The molecule has 29 heavy (non-hydrogen) atoms. The maximum Gasteiger partial charge on any atom is 0.262 e. The lowest BCUT2D eigenvalue weighted by atomic mass is 10.2. The van der Waals surface area contributed by atoms with Crippen molar-refractivity contribution in [3.05, 3.63) is 33.0 Å². The van der Waals surface area contributed by atoms with E-state index in [-0.39, 0.29) is 29.3 Å². The Balaban J connectivity index is 2.33. The summed E-state index contributed by atoms with van der Waals surface area (Å²) in [6.45, 7) is 11.7. The van der Waals surface area contributed by atoms with Crippen molar-refractivity contribution in [3.63, 3.8) is 0 Å². The molecule has 0 spiro atoms. The molecule has 6 nitrogen and oxygen atoms in total. The number of hydrogen-bond acceptors (Lipinski definition) is 5. The van der Waals surface area contributed by atoms with Gasteiger partial charge in [0.15, 0.2) is 5.16 Å². The standard InChI is InChI=1S/C21H30BrN3O3S/c1-6-28-11-7-10-24-20(27)17-12-16(22)8-9-18(17)23-21(24)29-13-19(26)25(14(2)3)15(4)5/h8-9,12,14-15H,6-7,10-11,13H2,1-5H3. The van der Waals surface area contributed by atoms with E-state index in [0.29, 0.717) is 42.2 Å². The van der Waals surface area contributed by atoms with Gasteiger partial charge in [-0.3, -0.25) is 14.2 Å². The topological polar surface area (TPSA) is 64.4 Å². The maximum atomic E-state index is 13.1. The van der Waals surface area contributed by atoms with Crippen LogP contribution >= 0.6 is 27.7 Å². The van der Waals surface area contributed by atoms with E-state index < -0.39 is 0 Å². The molecule has 1 amide bonds. The average molecular weight is 484 g/mol. The van der Waals surface area contributed by atoms with Gasteiger partial charge in [0.05, 0.1) is 16.7 Å². The Morgan fingerprint density at radius 3 is 2.59 bits per heavy atom. The van der Waals surface area contributed by atoms with E-state index in [1.54, 1.807) is 10.6 Å². The smallest absolute Gasteiger partial charge is 0.262 e. The van der Waals surface area contributed by atoms with Crippen molar-refractivity contribution in [1.29, 1.82) is 0 Å². The molecule has 0 bridgehead atoms. The molecule has 0 aliphatic carbocycles. The summed E-state index contributed by atoms with van der Waals surface area (Å²) in [5.41, 5.74) is 0.547. The Labute approximate surface area is 185 Å². The van der Waals surface area contributed by atoms with Crippen molar-refractivity contribution in [2.75, 3.05) is 19.0 Å². The molecule has 8 heteroatoms. The number of carbonyl (C=O) groups excluding carboxylic acids is 1. The van der Waals surface area contributed by atoms with Crippen LogP contribution in [0.3, 0.4) is 0 Å². The third kappa shape index (κ3) is 6.30. The van der Waals surface area contributed by atoms with Gasteiger partial charge in [-0.05, 0) is 59.2 Å². The lowest BCUT2D eigenvalue weighted by Gasteiger charge is -2.30. The van der Waals surface area contributed by atoms with Crippen LogP contribution in [0, 0.1) is 0 Å². The molecule has 1 aromatic heterocycles. The highest BCUT2D eigenvalue weighted by molar-refractivity contribution is 9.10. The summed E-state index contributed by atoms with van der Waals surface area (Å²) in [7, 11) is 0. The Morgan fingerprint density at radius 1 is 1.28 bits per heavy atom. The predicted molar refractivity (Wildman–Crippen MR) is 123 cm³/mol. The molecular weight excluding hydrogens is 454 g/mol. The van der Waals surface area contributed by atoms with E-state index in [9.17, 15) is 9.59 Å². The van der Waals surface area contributed by atoms with Gasteiger partial charge in [-0.2, -0.15) is 0 Å². The minimum absolute atomic E-state index is 0.0472. The number of nitrogens with zero attached hydrogens (tertiary/aromatic N) is 3. The number of rotatable bonds is 10. The molecule has 2 aromatic rings. The zero-order valence-corrected chi connectivity index (χ0v) is 20.2. The van der Waals surface area contributed by atoms with Gasteiger partial charge in [0.25, 0.3) is 5.56 Å². The first-order valence-electron chi connectivity index (χ1n) is 9.98. The maximum absolute atomic E-state index is 13.1. The number of thioether (sulfide) groups is 1. The van der Waals surface area contributed by atoms with Crippen LogP contribution in [0.4, 0.5) is 0 Å². The van der Waals surface area contributed by atoms with E-state index >= 15 is 0 Å². The van der Waals surface area contributed by atoms with Crippen LogP contribution in [0.5, 0.6) is 0 Å². The summed E-state index contributed by atoms with van der Waals surface area (Å²) in [5.74, 6) is 0.294. The lowest BCUT2D eigenvalue weighted by Crippen LogP contribution is -2.43. The van der Waals surface area contributed by atoms with Gasteiger partial charge < -0.3 is 9.64 Å². The normalized spacial score (nSPS) is 11.6. The first-order valence-corrected chi connectivity index (χ1v) is 11.8. The van der Waals surface area contributed by atoms with Crippen LogP contribution in [0.15, 0.2) is 32.6 Å². The molecule has 0 aliphatic rings. The van der Waals surface area contributed by atoms with Crippen molar-refractivity contribution in [2.24, 2.45) is 0 Å². The van der Waals surface area contributed by atoms with Crippen molar-refractivity contribution in [3.8, 4) is 0 Å². The molecular formula is C21H30BrN3O3S. The van der Waals surface area contributed by atoms with E-state index in [4.69, 9.17) is 9.72 Å². The fourth-order valence-electron chi connectivity index (χ4n) is 3.32. The van der Waals surface area contributed by atoms with Crippen LogP contribution in [0.1, 0.15) is 41.0 Å². The molecule has 0 N–H and O–H groups in total. The summed E-state index contributed by atoms with van der Waals surface area (Å²) in [6.07, 6.45) is 0.709. The van der Waals surface area contributed by atoms with E-state index in [2.05, 4.69) is 15.9 Å². The zero-order chi connectivity index (χ0) is 21.6. The Kier molecular flexibility index (Phi) is 9.17. The van der Waals surface area contributed by atoms with E-state index in [0.717, 1.165) is 4.47 Å². The SMILES string of the molecule is CCOCCCn1c(SCC(=O)N(C(C)C)C(C)C)nc2ccc(Br)cc2c1=O. The summed E-state index contributed by atoms with van der Waals surface area (Å²) < 4.78 is 7.92. The highest BCUT2D eigenvalue weighted by Gasteiger charge is 2.21. The average Bonchev–Trinajstić information content (AvgIpc) is 2.65. The molecule has 0 aliphatic heterocycles. The number of benzene rings is 1. The molecule has 0 saturated carbocycles. The van der Waals surface area contributed by atoms with Gasteiger partial charge in [-0.1, -0.05) is 27.7 Å². The molecule has 160 valence electrons. The predicted octanol–water partition coefficient (Wildman–Crippen LogP) is 4.32. The van der Waals surface area contributed by atoms with Crippen molar-refractivity contribution >= 4 is 44.5 Å². The number of hydrogen-bond donors (Lipinski definition) is 0. The zero-order valence-electron chi connectivity index (χ0n) is 17.8. The van der Waals surface area contributed by atoms with Crippen LogP contribution in [-0.4, -0.2) is 51.4 Å². The van der Waals surface area contributed by atoms with Crippen LogP contribution in [-0.2, 0) is 16.1 Å². The minimum Gasteiger partial charge on any atom is -0.382 e. The largest absolute Gasteiger partial charge is 0.382 e. The summed E-state index contributed by atoms with van der Waals surface area (Å²) in [4.78, 5) is 32.4. The molecule has 0 atom stereocenters. The van der Waals surface area contributed by atoms with Gasteiger partial charge in [-0.15, -0.1) is 0 Å². The van der Waals surface area contributed by atoms with Gasteiger partial charge in [-0.25, -0.2) is 4.98 Å². The number of ether oxygens (including phenoxy) is 1. The number of amides is 1. The third-order valence-corrected chi connectivity index (χ3v) is 5.94. The van der Waals surface area contributed by atoms with Crippen molar-refractivity contribution in [1.82, 2.24) is 14.5 Å². The van der Waals surface area contributed by atoms with Crippen molar-refractivity contribution < 1.29 is 9.53 Å². The van der Waals surface area contributed by atoms with Gasteiger partial charge >= 0.3 is 0 Å². The Bertz CT molecular complexity index is 891. The molecule has 2 rings (SSSR count). The summed E-state index contributed by atoms with van der Waals surface area (Å²) >= 11 is 4.75. The second-order valence-electron chi connectivity index (χ2n) is 7.34. The number of halogens is 1. The highest BCUT2D eigenvalue weighted by atomic mass is 79.9. The number of aromatic nitrogens is 2. The number of fused-ring (bicyclic) bond motifs is 1. The van der Waals surface area contributed by atoms with Crippen molar-refractivity contribution in [2.45, 2.75) is 64.8 Å². The van der Waals surface area contributed by atoms with Crippen LogP contribution in [0.25, 0.3) is 10.9 Å². The monoisotopic (exact) mass is 483 g/mol. The second-order valence-corrected chi connectivity index (χ2v) is 9.20. The Hall–Kier alpha value is -1.38. The minimum atomic E-state index is -0.0904. The Morgan fingerprint density at radius 2 is 1.97 bits per heavy atom. The fraction of sp³-hybridized carbons (Fsp3) is 0.571. The van der Waals surface area contributed by atoms with E-state index in [1.807, 2.05) is 51.7 Å². The van der Waals surface area contributed by atoms with Gasteiger partial charge in [0.1, 0.15) is 0 Å². The molecule has 0 saturated heterocycles. The van der Waals surface area contributed by atoms with Crippen LogP contribution in [0.2, 0.25) is 0 Å². The molecule has 0 fully saturated rings. The highest BCUT2D eigenvalue weighted by Crippen LogP contribution is 2.22. The molecule has 0 radical (unpaired) electrons. The first kappa shape index (κ1) is 23.9. The third-order valence-electron chi connectivity index (χ3n) is 4.48. The molecule has 1 aromatic carbocycles.